The van der Waals surface area contributed by atoms with Crippen molar-refractivity contribution in [1.82, 2.24) is 0 Å². The van der Waals surface area contributed by atoms with Crippen molar-refractivity contribution in [2.24, 2.45) is 0 Å². The van der Waals surface area contributed by atoms with Gasteiger partial charge in [-0.25, -0.2) is 0 Å². The lowest BCUT2D eigenvalue weighted by molar-refractivity contribution is 0.0985. The van der Waals surface area contributed by atoms with Gasteiger partial charge in [-0.1, -0.05) is 100 Å². The maximum Gasteiger partial charge on any atom is 0.258 e. The maximum atomic E-state index is 14.5. The standard InChI is InChI=1S/C56H62N2O6/c1-7-27-61-51-39-19-17-20-40(51)32-44-36-48(56(60)58(6)50-25-15-12-16-26-50)38-46(54(44)64-30-10-4)34-42-22-18-21-41(52(42)62-28-8-2)33-45-37-47(35-43(31-39)53(45)63-29-9-3)55(59)57(5)49-23-13-11-14-24-49/h11-26,35-38H,7-10,27-34H2,1-6H3. The van der Waals surface area contributed by atoms with Crippen LogP contribution in [0.15, 0.2) is 121 Å². The molecule has 0 heterocycles. The molecule has 0 N–H and O–H groups in total. The van der Waals surface area contributed by atoms with Gasteiger partial charge in [-0.3, -0.25) is 9.59 Å². The number of fused-ring (bicyclic) bond motifs is 8. The third-order valence-electron chi connectivity index (χ3n) is 11.6. The van der Waals surface area contributed by atoms with E-state index in [0.29, 0.717) is 63.2 Å². The fraction of sp³-hybridized carbons (Fsp3) is 0.321. The van der Waals surface area contributed by atoms with Crippen molar-refractivity contribution in [3.63, 3.8) is 0 Å². The highest BCUT2D eigenvalue weighted by molar-refractivity contribution is 6.07. The van der Waals surface area contributed by atoms with E-state index in [1.165, 1.54) is 0 Å². The lowest BCUT2D eigenvalue weighted by atomic mass is 9.89. The van der Waals surface area contributed by atoms with E-state index in [4.69, 9.17) is 18.9 Å². The molecule has 0 unspecified atom stereocenters. The number of carbonyl (C=O) groups excluding carboxylic acids is 2. The highest BCUT2D eigenvalue weighted by Gasteiger charge is 2.26. The SMILES string of the molecule is CCCOc1c2cccc1Cc1cc(C(=O)N(C)c3ccccc3)cc(c1OCCC)Cc1cccc(c1OCCC)Cc1cc(C(=O)N(C)c3ccccc3)cc(c1OCCC)C2. The Balaban J connectivity index is 1.49. The summed E-state index contributed by atoms with van der Waals surface area (Å²) in [5.41, 5.74) is 10.3. The van der Waals surface area contributed by atoms with E-state index >= 15 is 0 Å². The van der Waals surface area contributed by atoms with Crippen LogP contribution in [0.1, 0.15) is 119 Å². The molecule has 0 saturated carbocycles. The van der Waals surface area contributed by atoms with Crippen LogP contribution in [0.25, 0.3) is 0 Å². The molecule has 0 spiro atoms. The van der Waals surface area contributed by atoms with Gasteiger partial charge in [0.25, 0.3) is 11.8 Å². The van der Waals surface area contributed by atoms with E-state index in [9.17, 15) is 9.59 Å². The predicted molar refractivity (Wildman–Crippen MR) is 258 cm³/mol. The number of amides is 2. The van der Waals surface area contributed by atoms with Gasteiger partial charge in [-0.2, -0.15) is 0 Å². The zero-order valence-corrected chi connectivity index (χ0v) is 38.4. The molecule has 7 rings (SSSR count). The van der Waals surface area contributed by atoms with Crippen LogP contribution in [0.3, 0.4) is 0 Å². The molecule has 8 bridgehead atoms. The molecule has 6 aromatic rings. The number of nitrogens with zero attached hydrogens (tertiary/aromatic N) is 2. The highest BCUT2D eigenvalue weighted by atomic mass is 16.5. The molecule has 6 aromatic carbocycles. The van der Waals surface area contributed by atoms with Gasteiger partial charge in [0.15, 0.2) is 0 Å². The van der Waals surface area contributed by atoms with Gasteiger partial charge in [-0.05, 0) is 119 Å². The molecule has 1 aliphatic carbocycles. The number of carbonyl (C=O) groups is 2. The lowest BCUT2D eigenvalue weighted by Crippen LogP contribution is -2.26. The third kappa shape index (κ3) is 10.5. The van der Waals surface area contributed by atoms with Crippen LogP contribution in [0.2, 0.25) is 0 Å². The first-order valence-corrected chi connectivity index (χ1v) is 22.9. The molecule has 1 aliphatic rings. The van der Waals surface area contributed by atoms with Crippen molar-refractivity contribution in [1.29, 1.82) is 0 Å². The first-order valence-electron chi connectivity index (χ1n) is 22.9. The number of anilines is 2. The smallest absolute Gasteiger partial charge is 0.258 e. The number of para-hydroxylation sites is 4. The van der Waals surface area contributed by atoms with E-state index in [-0.39, 0.29) is 11.8 Å². The largest absolute Gasteiger partial charge is 0.493 e. The summed E-state index contributed by atoms with van der Waals surface area (Å²) in [5.74, 6) is 2.91. The fourth-order valence-corrected chi connectivity index (χ4v) is 8.42. The van der Waals surface area contributed by atoms with Crippen molar-refractivity contribution in [2.75, 3.05) is 50.3 Å². The topological polar surface area (TPSA) is 77.5 Å². The van der Waals surface area contributed by atoms with E-state index in [0.717, 1.165) is 105 Å². The average molecular weight is 859 g/mol. The van der Waals surface area contributed by atoms with Gasteiger partial charge in [0.1, 0.15) is 23.0 Å². The van der Waals surface area contributed by atoms with Crippen molar-refractivity contribution in [3.05, 3.63) is 177 Å². The fourth-order valence-electron chi connectivity index (χ4n) is 8.42. The molecule has 2 amide bonds. The predicted octanol–water partition coefficient (Wildman–Crippen LogP) is 12.1. The minimum absolute atomic E-state index is 0.112. The number of benzene rings is 6. The molecule has 0 aromatic heterocycles. The van der Waals surface area contributed by atoms with Crippen LogP contribution in [-0.4, -0.2) is 52.3 Å². The molecule has 8 nitrogen and oxygen atoms in total. The monoisotopic (exact) mass is 858 g/mol. The summed E-state index contributed by atoms with van der Waals surface area (Å²) in [5, 5.41) is 0. The van der Waals surface area contributed by atoms with Crippen molar-refractivity contribution in [2.45, 2.75) is 79.1 Å². The summed E-state index contributed by atoms with van der Waals surface area (Å²) in [6.07, 6.45) is 5.12. The Hall–Kier alpha value is -6.54. The summed E-state index contributed by atoms with van der Waals surface area (Å²) in [6.45, 7) is 10.5. The summed E-state index contributed by atoms with van der Waals surface area (Å²) < 4.78 is 27.0. The lowest BCUT2D eigenvalue weighted by Gasteiger charge is -2.25. The van der Waals surface area contributed by atoms with Crippen LogP contribution in [0.5, 0.6) is 23.0 Å². The minimum Gasteiger partial charge on any atom is -0.493 e. The third-order valence-corrected chi connectivity index (χ3v) is 11.6. The highest BCUT2D eigenvalue weighted by Crippen LogP contribution is 2.40. The molecule has 332 valence electrons. The van der Waals surface area contributed by atoms with Crippen molar-refractivity contribution < 1.29 is 28.5 Å². The molecule has 64 heavy (non-hydrogen) atoms. The molecule has 0 radical (unpaired) electrons. The molecule has 8 heteroatoms. The van der Waals surface area contributed by atoms with Crippen LogP contribution in [0, 0.1) is 0 Å². The molecular formula is C56H62N2O6. The Labute approximate surface area is 379 Å². The zero-order valence-electron chi connectivity index (χ0n) is 38.4. The van der Waals surface area contributed by atoms with Crippen LogP contribution < -0.4 is 28.7 Å². The van der Waals surface area contributed by atoms with Crippen molar-refractivity contribution >= 4 is 23.2 Å². The second-order valence-corrected chi connectivity index (χ2v) is 16.6. The van der Waals surface area contributed by atoms with Crippen LogP contribution in [-0.2, 0) is 25.7 Å². The maximum absolute atomic E-state index is 14.5. The van der Waals surface area contributed by atoms with Gasteiger partial charge in [0.2, 0.25) is 0 Å². The van der Waals surface area contributed by atoms with Gasteiger partial charge in [0.05, 0.1) is 26.4 Å². The first-order chi connectivity index (χ1) is 31.2. The Morgan fingerprint density at radius 3 is 0.922 bits per heavy atom. The Bertz CT molecular complexity index is 2270. The van der Waals surface area contributed by atoms with E-state index in [1.54, 1.807) is 9.80 Å². The van der Waals surface area contributed by atoms with Gasteiger partial charge in [-0.15, -0.1) is 0 Å². The summed E-state index contributed by atoms with van der Waals surface area (Å²) in [4.78, 5) is 32.5. The Morgan fingerprint density at radius 1 is 0.391 bits per heavy atom. The van der Waals surface area contributed by atoms with Crippen molar-refractivity contribution in [3.8, 4) is 23.0 Å². The normalized spacial score (nSPS) is 12.0. The second-order valence-electron chi connectivity index (χ2n) is 16.6. The summed E-state index contributed by atoms with van der Waals surface area (Å²) in [7, 11) is 3.65. The summed E-state index contributed by atoms with van der Waals surface area (Å²) >= 11 is 0. The molecule has 0 atom stereocenters. The van der Waals surface area contributed by atoms with E-state index in [1.807, 2.05) is 99.0 Å². The van der Waals surface area contributed by atoms with E-state index in [2.05, 4.69) is 64.1 Å². The van der Waals surface area contributed by atoms with Gasteiger partial charge in [0, 0.05) is 62.3 Å². The number of rotatable bonds is 16. The quantitative estimate of drug-likeness (QED) is 0.0963. The molecule has 0 aliphatic heterocycles. The number of hydrogen-bond donors (Lipinski definition) is 0. The Morgan fingerprint density at radius 2 is 0.656 bits per heavy atom. The van der Waals surface area contributed by atoms with Gasteiger partial charge < -0.3 is 28.7 Å². The van der Waals surface area contributed by atoms with Gasteiger partial charge >= 0.3 is 0 Å². The second kappa shape index (κ2) is 21.7. The molecular weight excluding hydrogens is 797 g/mol. The van der Waals surface area contributed by atoms with Crippen LogP contribution in [0.4, 0.5) is 11.4 Å². The summed E-state index contributed by atoms with van der Waals surface area (Å²) in [6, 6.07) is 40.1. The Kier molecular flexibility index (Phi) is 15.4. The minimum atomic E-state index is -0.112. The first kappa shape index (κ1) is 45.5. The molecule has 0 saturated heterocycles. The van der Waals surface area contributed by atoms with E-state index < -0.39 is 0 Å². The zero-order chi connectivity index (χ0) is 45.0. The molecule has 0 fully saturated rings. The number of hydrogen-bond acceptors (Lipinski definition) is 6. The average Bonchev–Trinajstić information content (AvgIpc) is 3.32. The number of ether oxygens (including phenoxy) is 4. The van der Waals surface area contributed by atoms with Crippen LogP contribution >= 0.6 is 0 Å².